The molecule has 0 unspecified atom stereocenters. The number of ether oxygens (including phenoxy) is 1. The summed E-state index contributed by atoms with van der Waals surface area (Å²) in [4.78, 5) is 19.0. The predicted octanol–water partition coefficient (Wildman–Crippen LogP) is -1.53. The second kappa shape index (κ2) is 6.97. The number of carbonyl (C=O) groups is 2. The number of rotatable bonds is 2. The van der Waals surface area contributed by atoms with E-state index in [2.05, 4.69) is 14.1 Å². The summed E-state index contributed by atoms with van der Waals surface area (Å²) in [6, 6.07) is 0. The van der Waals surface area contributed by atoms with Gasteiger partial charge in [0.1, 0.15) is 13.1 Å². The highest BCUT2D eigenvalue weighted by molar-refractivity contribution is 5.88. The molecule has 6 nitrogen and oxygen atoms in total. The fraction of sp³-hybridized carbons (Fsp3) is 0.600. The quantitative estimate of drug-likeness (QED) is 0.460. The van der Waals surface area contributed by atoms with Gasteiger partial charge in [0.25, 0.3) is 0 Å². The normalized spacial score (nSPS) is 18.6. The zero-order valence-electron chi connectivity index (χ0n) is 9.51. The van der Waals surface area contributed by atoms with Crippen LogP contribution in [-0.2, 0) is 14.3 Å². The minimum Gasteiger partial charge on any atom is -0.545 e. The number of aliphatic carboxylic acids is 2. The molecular formula is C10H17NO5. The van der Waals surface area contributed by atoms with Crippen molar-refractivity contribution in [1.29, 1.82) is 0 Å². The van der Waals surface area contributed by atoms with Crippen molar-refractivity contribution in [1.82, 2.24) is 0 Å². The standard InChI is InChI=1S/C6H14NO.C4H4O4/c1-7(2)3-5-8-6-4-7;5-3(6)1-2-4(7)8/h3-6H2,1-2H3;1-2H,(H,5,6)(H,7,8)/q+1;/p-1. The van der Waals surface area contributed by atoms with Crippen LogP contribution in [0.1, 0.15) is 0 Å². The van der Waals surface area contributed by atoms with Crippen LogP contribution >= 0.6 is 0 Å². The highest BCUT2D eigenvalue weighted by Crippen LogP contribution is 2.00. The highest BCUT2D eigenvalue weighted by atomic mass is 16.5. The van der Waals surface area contributed by atoms with Gasteiger partial charge in [-0.15, -0.1) is 0 Å². The van der Waals surface area contributed by atoms with Crippen LogP contribution in [0.5, 0.6) is 0 Å². The van der Waals surface area contributed by atoms with Gasteiger partial charge in [0.05, 0.1) is 33.3 Å². The summed E-state index contributed by atoms with van der Waals surface area (Å²) in [7, 11) is 4.48. The smallest absolute Gasteiger partial charge is 0.328 e. The Morgan fingerprint density at radius 2 is 1.75 bits per heavy atom. The van der Waals surface area contributed by atoms with Gasteiger partial charge in [-0.25, -0.2) is 4.79 Å². The molecule has 92 valence electrons. The SMILES string of the molecule is C[N+]1(C)CCOCC1.O=C([O-])C=CC(=O)O. The summed E-state index contributed by atoms with van der Waals surface area (Å²) >= 11 is 0. The van der Waals surface area contributed by atoms with Crippen molar-refractivity contribution in [3.8, 4) is 0 Å². The number of nitrogens with zero attached hydrogens (tertiary/aromatic N) is 1. The molecule has 6 heteroatoms. The first-order chi connectivity index (χ1) is 7.33. The van der Waals surface area contributed by atoms with Crippen LogP contribution in [0.4, 0.5) is 0 Å². The van der Waals surface area contributed by atoms with Crippen molar-refractivity contribution in [2.75, 3.05) is 40.4 Å². The molecule has 1 aliphatic rings. The van der Waals surface area contributed by atoms with Crippen molar-refractivity contribution >= 4 is 11.9 Å². The van der Waals surface area contributed by atoms with E-state index in [1.165, 1.54) is 13.1 Å². The molecule has 0 aliphatic carbocycles. The molecule has 0 aromatic rings. The maximum atomic E-state index is 9.53. The third-order valence-electron chi connectivity index (χ3n) is 2.04. The van der Waals surface area contributed by atoms with Crippen molar-refractivity contribution in [2.45, 2.75) is 0 Å². The Bertz CT molecular complexity index is 248. The molecule has 0 saturated carbocycles. The lowest BCUT2D eigenvalue weighted by molar-refractivity contribution is -0.898. The Balaban J connectivity index is 0.000000281. The van der Waals surface area contributed by atoms with E-state index in [0.717, 1.165) is 17.7 Å². The topological polar surface area (TPSA) is 86.7 Å². The number of quaternary nitrogens is 1. The molecule has 0 radical (unpaired) electrons. The summed E-state index contributed by atoms with van der Waals surface area (Å²) in [5.74, 6) is -2.80. The molecule has 0 amide bonds. The van der Waals surface area contributed by atoms with Gasteiger partial charge >= 0.3 is 5.97 Å². The molecule has 16 heavy (non-hydrogen) atoms. The van der Waals surface area contributed by atoms with E-state index in [1.54, 1.807) is 0 Å². The molecule has 1 aliphatic heterocycles. The number of likely N-dealkylation sites (N-methyl/N-ethyl adjacent to an activating group) is 1. The van der Waals surface area contributed by atoms with Gasteiger partial charge in [-0.2, -0.15) is 0 Å². The molecule has 1 rings (SSSR count). The third-order valence-corrected chi connectivity index (χ3v) is 2.04. The lowest BCUT2D eigenvalue weighted by Crippen LogP contribution is -2.48. The van der Waals surface area contributed by atoms with Gasteiger partial charge in [0.2, 0.25) is 0 Å². The van der Waals surface area contributed by atoms with Gasteiger partial charge in [0.15, 0.2) is 0 Å². The zero-order chi connectivity index (χ0) is 12.6. The van der Waals surface area contributed by atoms with E-state index in [4.69, 9.17) is 9.84 Å². The summed E-state index contributed by atoms with van der Waals surface area (Å²) in [5, 5.41) is 17.2. The Morgan fingerprint density at radius 1 is 1.25 bits per heavy atom. The van der Waals surface area contributed by atoms with Crippen LogP contribution in [0, 0.1) is 0 Å². The summed E-state index contributed by atoms with van der Waals surface area (Å²) in [6.45, 7) is 4.21. The Labute approximate surface area is 94.3 Å². The van der Waals surface area contributed by atoms with E-state index in [1.807, 2.05) is 0 Å². The van der Waals surface area contributed by atoms with Crippen LogP contribution in [0.3, 0.4) is 0 Å². The molecule has 0 atom stereocenters. The van der Waals surface area contributed by atoms with Crippen LogP contribution < -0.4 is 5.11 Å². The number of carboxylic acids is 2. The van der Waals surface area contributed by atoms with Crippen molar-refractivity contribution in [3.63, 3.8) is 0 Å². The predicted molar refractivity (Wildman–Crippen MR) is 54.4 cm³/mol. The molecular weight excluding hydrogens is 214 g/mol. The van der Waals surface area contributed by atoms with E-state index in [9.17, 15) is 14.7 Å². The average Bonchev–Trinajstić information content (AvgIpc) is 2.15. The number of morpholine rings is 1. The zero-order valence-corrected chi connectivity index (χ0v) is 9.51. The van der Waals surface area contributed by atoms with Gasteiger partial charge < -0.3 is 24.2 Å². The molecule has 1 saturated heterocycles. The van der Waals surface area contributed by atoms with Crippen molar-refractivity contribution in [3.05, 3.63) is 12.2 Å². The summed E-state index contributed by atoms with van der Waals surface area (Å²) in [5.41, 5.74) is 0. The van der Waals surface area contributed by atoms with Crippen molar-refractivity contribution in [2.24, 2.45) is 0 Å². The van der Waals surface area contributed by atoms with E-state index < -0.39 is 11.9 Å². The maximum absolute atomic E-state index is 9.53. The monoisotopic (exact) mass is 231 g/mol. The number of hydrogen-bond acceptors (Lipinski definition) is 4. The second-order valence-electron chi connectivity index (χ2n) is 3.99. The molecule has 1 fully saturated rings. The van der Waals surface area contributed by atoms with Crippen LogP contribution in [0.15, 0.2) is 12.2 Å². The van der Waals surface area contributed by atoms with Gasteiger partial charge in [-0.3, -0.25) is 0 Å². The molecule has 1 N–H and O–H groups in total. The Hall–Kier alpha value is -1.40. The minimum atomic E-state index is -1.51. The summed E-state index contributed by atoms with van der Waals surface area (Å²) < 4.78 is 6.31. The maximum Gasteiger partial charge on any atom is 0.328 e. The highest BCUT2D eigenvalue weighted by Gasteiger charge is 2.18. The first-order valence-electron chi connectivity index (χ1n) is 4.85. The van der Waals surface area contributed by atoms with Crippen LogP contribution in [-0.4, -0.2) is 61.9 Å². The molecule has 0 aromatic carbocycles. The van der Waals surface area contributed by atoms with E-state index >= 15 is 0 Å². The van der Waals surface area contributed by atoms with Crippen LogP contribution in [0.25, 0.3) is 0 Å². The Kier molecular flexibility index (Phi) is 6.36. The van der Waals surface area contributed by atoms with Gasteiger partial charge in [0, 0.05) is 6.08 Å². The van der Waals surface area contributed by atoms with E-state index in [0.29, 0.717) is 12.2 Å². The Morgan fingerprint density at radius 3 is 1.94 bits per heavy atom. The fourth-order valence-corrected chi connectivity index (χ4v) is 0.977. The number of hydrogen-bond donors (Lipinski definition) is 1. The van der Waals surface area contributed by atoms with Crippen LogP contribution in [0.2, 0.25) is 0 Å². The second-order valence-corrected chi connectivity index (χ2v) is 3.99. The summed E-state index contributed by atoms with van der Waals surface area (Å²) in [6.07, 6.45) is 0.942. The molecule has 1 heterocycles. The number of carbonyl (C=O) groups excluding carboxylic acids is 1. The largest absolute Gasteiger partial charge is 0.545 e. The number of carboxylic acid groups (broad SMARTS) is 2. The first kappa shape index (κ1) is 14.6. The third kappa shape index (κ3) is 9.17. The minimum absolute atomic E-state index is 0.447. The molecule has 0 aromatic heterocycles. The lowest BCUT2D eigenvalue weighted by atomic mass is 10.4. The van der Waals surface area contributed by atoms with Gasteiger partial charge in [-0.05, 0) is 6.08 Å². The lowest BCUT2D eigenvalue weighted by Gasteiger charge is -2.33. The first-order valence-corrected chi connectivity index (χ1v) is 4.85. The van der Waals surface area contributed by atoms with Gasteiger partial charge in [-0.1, -0.05) is 0 Å². The fourth-order valence-electron chi connectivity index (χ4n) is 0.977. The van der Waals surface area contributed by atoms with E-state index in [-0.39, 0.29) is 0 Å². The van der Waals surface area contributed by atoms with Crippen molar-refractivity contribution < 1.29 is 29.0 Å². The molecule has 0 spiro atoms. The molecule has 0 bridgehead atoms. The average molecular weight is 231 g/mol.